The van der Waals surface area contributed by atoms with Crippen molar-refractivity contribution in [2.75, 3.05) is 7.05 Å². The zero-order chi connectivity index (χ0) is 13.0. The van der Waals surface area contributed by atoms with Crippen LogP contribution >= 0.6 is 0 Å². The Labute approximate surface area is 108 Å². The van der Waals surface area contributed by atoms with Crippen molar-refractivity contribution in [3.8, 4) is 0 Å². The lowest BCUT2D eigenvalue weighted by Gasteiger charge is -2.33. The van der Waals surface area contributed by atoms with Crippen molar-refractivity contribution < 1.29 is 9.63 Å². The molecule has 1 aliphatic carbocycles. The van der Waals surface area contributed by atoms with E-state index in [1.807, 2.05) is 42.3 Å². The second kappa shape index (κ2) is 5.98. The van der Waals surface area contributed by atoms with Crippen LogP contribution in [0.15, 0.2) is 30.3 Å². The summed E-state index contributed by atoms with van der Waals surface area (Å²) >= 11 is 0. The third-order valence-corrected chi connectivity index (χ3v) is 3.72. The monoisotopic (exact) mass is 248 g/mol. The van der Waals surface area contributed by atoms with E-state index in [9.17, 15) is 4.79 Å². The van der Waals surface area contributed by atoms with Gasteiger partial charge in [-0.25, -0.2) is 5.90 Å². The van der Waals surface area contributed by atoms with Gasteiger partial charge in [0, 0.05) is 18.7 Å². The molecular formula is C14H20N2O2. The number of nitrogens with zero attached hydrogens (tertiary/aromatic N) is 1. The van der Waals surface area contributed by atoms with Gasteiger partial charge in [0.25, 0.3) is 5.91 Å². The lowest BCUT2D eigenvalue weighted by atomic mass is 9.92. The minimum atomic E-state index is 0.0905. The van der Waals surface area contributed by atoms with Crippen LogP contribution in [-0.4, -0.2) is 30.0 Å². The number of hydrogen-bond donors (Lipinski definition) is 1. The molecule has 4 nitrogen and oxygen atoms in total. The van der Waals surface area contributed by atoms with E-state index in [1.54, 1.807) is 0 Å². The number of hydrogen-bond acceptors (Lipinski definition) is 3. The second-order valence-electron chi connectivity index (χ2n) is 4.85. The zero-order valence-corrected chi connectivity index (χ0v) is 10.7. The van der Waals surface area contributed by atoms with Gasteiger partial charge < -0.3 is 9.74 Å². The summed E-state index contributed by atoms with van der Waals surface area (Å²) in [6.45, 7) is 0. The molecule has 1 aromatic rings. The number of carbonyl (C=O) groups excluding carboxylic acids is 1. The summed E-state index contributed by atoms with van der Waals surface area (Å²) in [5.41, 5.74) is 0.747. The number of rotatable bonds is 3. The van der Waals surface area contributed by atoms with Crippen LogP contribution in [-0.2, 0) is 4.84 Å². The first kappa shape index (κ1) is 13.1. The van der Waals surface area contributed by atoms with Crippen LogP contribution in [0.5, 0.6) is 0 Å². The van der Waals surface area contributed by atoms with E-state index in [0.717, 1.165) is 31.2 Å². The molecule has 0 aromatic heterocycles. The van der Waals surface area contributed by atoms with Crippen LogP contribution in [0, 0.1) is 0 Å². The van der Waals surface area contributed by atoms with Gasteiger partial charge in [-0.1, -0.05) is 18.2 Å². The molecule has 0 spiro atoms. The fourth-order valence-corrected chi connectivity index (χ4v) is 2.52. The second-order valence-corrected chi connectivity index (χ2v) is 4.85. The minimum Gasteiger partial charge on any atom is -0.339 e. The SMILES string of the molecule is CN(C(=O)c1ccccc1)C1CCC(ON)CC1. The highest BCUT2D eigenvalue weighted by Gasteiger charge is 2.27. The Balaban J connectivity index is 1.96. The molecule has 0 atom stereocenters. The molecule has 0 unspecified atom stereocenters. The van der Waals surface area contributed by atoms with E-state index in [1.165, 1.54) is 0 Å². The van der Waals surface area contributed by atoms with E-state index in [4.69, 9.17) is 10.7 Å². The van der Waals surface area contributed by atoms with Gasteiger partial charge >= 0.3 is 0 Å². The molecule has 1 aromatic carbocycles. The van der Waals surface area contributed by atoms with Crippen LogP contribution in [0.3, 0.4) is 0 Å². The van der Waals surface area contributed by atoms with Gasteiger partial charge in [0.1, 0.15) is 0 Å². The van der Waals surface area contributed by atoms with Gasteiger partial charge in [-0.05, 0) is 37.8 Å². The van der Waals surface area contributed by atoms with Gasteiger partial charge in [0.2, 0.25) is 0 Å². The summed E-state index contributed by atoms with van der Waals surface area (Å²) in [4.78, 5) is 19.0. The highest BCUT2D eigenvalue weighted by Crippen LogP contribution is 2.24. The lowest BCUT2D eigenvalue weighted by Crippen LogP contribution is -2.41. The fourth-order valence-electron chi connectivity index (χ4n) is 2.52. The Morgan fingerprint density at radius 1 is 1.22 bits per heavy atom. The van der Waals surface area contributed by atoms with Crippen molar-refractivity contribution in [3.05, 3.63) is 35.9 Å². The average molecular weight is 248 g/mol. The first-order chi connectivity index (χ1) is 8.72. The molecule has 1 aliphatic rings. The minimum absolute atomic E-state index is 0.0905. The normalized spacial score (nSPS) is 23.7. The summed E-state index contributed by atoms with van der Waals surface area (Å²) in [6.07, 6.45) is 3.91. The summed E-state index contributed by atoms with van der Waals surface area (Å²) in [7, 11) is 1.88. The van der Waals surface area contributed by atoms with E-state index in [2.05, 4.69) is 0 Å². The third-order valence-electron chi connectivity index (χ3n) is 3.72. The number of carbonyl (C=O) groups is 1. The maximum atomic E-state index is 12.3. The first-order valence-corrected chi connectivity index (χ1v) is 6.40. The molecule has 1 saturated carbocycles. The quantitative estimate of drug-likeness (QED) is 0.832. The first-order valence-electron chi connectivity index (χ1n) is 6.40. The Kier molecular flexibility index (Phi) is 4.33. The van der Waals surface area contributed by atoms with Crippen LogP contribution in [0.25, 0.3) is 0 Å². The van der Waals surface area contributed by atoms with Crippen LogP contribution in [0.2, 0.25) is 0 Å². The fraction of sp³-hybridized carbons (Fsp3) is 0.500. The van der Waals surface area contributed by atoms with Crippen molar-refractivity contribution in [3.63, 3.8) is 0 Å². The Hall–Kier alpha value is -1.39. The maximum Gasteiger partial charge on any atom is 0.253 e. The van der Waals surface area contributed by atoms with Crippen LogP contribution in [0.4, 0.5) is 0 Å². The van der Waals surface area contributed by atoms with Gasteiger partial charge in [-0.15, -0.1) is 0 Å². The standard InChI is InChI=1S/C14H20N2O2/c1-16(12-7-9-13(18-15)10-8-12)14(17)11-5-3-2-4-6-11/h2-6,12-13H,7-10,15H2,1H3. The molecule has 0 bridgehead atoms. The number of benzene rings is 1. The van der Waals surface area contributed by atoms with E-state index < -0.39 is 0 Å². The molecule has 98 valence electrons. The molecular weight excluding hydrogens is 228 g/mol. The molecule has 4 heteroatoms. The molecule has 1 fully saturated rings. The average Bonchev–Trinajstić information content (AvgIpc) is 2.47. The molecule has 2 rings (SSSR count). The third kappa shape index (κ3) is 2.89. The molecule has 0 saturated heterocycles. The van der Waals surface area contributed by atoms with Crippen LogP contribution < -0.4 is 5.90 Å². The smallest absolute Gasteiger partial charge is 0.253 e. The van der Waals surface area contributed by atoms with Crippen molar-refractivity contribution in [1.29, 1.82) is 0 Å². The van der Waals surface area contributed by atoms with Gasteiger partial charge in [-0.3, -0.25) is 4.79 Å². The predicted octanol–water partition coefficient (Wildman–Crippen LogP) is 1.96. The summed E-state index contributed by atoms with van der Waals surface area (Å²) in [5, 5.41) is 0. The number of nitrogens with two attached hydrogens (primary N) is 1. The highest BCUT2D eigenvalue weighted by atomic mass is 16.6. The predicted molar refractivity (Wildman–Crippen MR) is 69.9 cm³/mol. The molecule has 0 radical (unpaired) electrons. The molecule has 2 N–H and O–H groups in total. The largest absolute Gasteiger partial charge is 0.339 e. The van der Waals surface area contributed by atoms with E-state index in [0.29, 0.717) is 6.04 Å². The van der Waals surface area contributed by atoms with Gasteiger partial charge in [-0.2, -0.15) is 0 Å². The zero-order valence-electron chi connectivity index (χ0n) is 10.7. The summed E-state index contributed by atoms with van der Waals surface area (Å²) in [5.74, 6) is 5.29. The van der Waals surface area contributed by atoms with Crippen molar-refractivity contribution in [2.45, 2.75) is 37.8 Å². The van der Waals surface area contributed by atoms with Gasteiger partial charge in [0.05, 0.1) is 6.10 Å². The Bertz CT molecular complexity index is 386. The summed E-state index contributed by atoms with van der Waals surface area (Å²) < 4.78 is 0. The van der Waals surface area contributed by atoms with Crippen molar-refractivity contribution in [1.82, 2.24) is 4.90 Å². The van der Waals surface area contributed by atoms with Gasteiger partial charge in [0.15, 0.2) is 0 Å². The Morgan fingerprint density at radius 2 is 1.83 bits per heavy atom. The Morgan fingerprint density at radius 3 is 2.39 bits per heavy atom. The molecule has 1 amide bonds. The molecule has 0 aliphatic heterocycles. The van der Waals surface area contributed by atoms with E-state index in [-0.39, 0.29) is 12.0 Å². The highest BCUT2D eigenvalue weighted by molar-refractivity contribution is 5.94. The lowest BCUT2D eigenvalue weighted by molar-refractivity contribution is 0.00993. The van der Waals surface area contributed by atoms with E-state index >= 15 is 0 Å². The van der Waals surface area contributed by atoms with Crippen LogP contribution in [0.1, 0.15) is 36.0 Å². The molecule has 0 heterocycles. The number of amides is 1. The van der Waals surface area contributed by atoms with Crippen molar-refractivity contribution in [2.24, 2.45) is 5.90 Å². The maximum absolute atomic E-state index is 12.3. The molecule has 18 heavy (non-hydrogen) atoms. The van der Waals surface area contributed by atoms with Crippen molar-refractivity contribution >= 4 is 5.91 Å². The summed E-state index contributed by atoms with van der Waals surface area (Å²) in [6, 6.07) is 9.70. The topological polar surface area (TPSA) is 55.6 Å².